The molecule has 0 unspecified atom stereocenters. The molecule has 1 aromatic rings. The summed E-state index contributed by atoms with van der Waals surface area (Å²) in [7, 11) is -3.48. The predicted octanol–water partition coefficient (Wildman–Crippen LogP) is 2.67. The Morgan fingerprint density at radius 2 is 1.76 bits per heavy atom. The Hall–Kier alpha value is -0.910. The number of aryl methyl sites for hydroxylation is 1. The molecule has 2 N–H and O–H groups in total. The summed E-state index contributed by atoms with van der Waals surface area (Å²) in [4.78, 5) is 0.376. The van der Waals surface area contributed by atoms with Gasteiger partial charge < -0.3 is 5.73 Å². The first-order chi connectivity index (χ1) is 9.96. The largest absolute Gasteiger partial charge is 0.329 e. The quantitative estimate of drug-likeness (QED) is 0.878. The maximum absolute atomic E-state index is 13.1. The Kier molecular flexibility index (Phi) is 5.07. The number of nitrogens with two attached hydrogens (primary N) is 1. The molecule has 1 aliphatic rings. The van der Waals surface area contributed by atoms with E-state index in [9.17, 15) is 8.42 Å². The Morgan fingerprint density at radius 3 is 2.24 bits per heavy atom. The van der Waals surface area contributed by atoms with Gasteiger partial charge >= 0.3 is 0 Å². The first kappa shape index (κ1) is 16.5. The highest BCUT2D eigenvalue weighted by atomic mass is 32.2. The van der Waals surface area contributed by atoms with Gasteiger partial charge in [-0.15, -0.1) is 0 Å². The summed E-state index contributed by atoms with van der Waals surface area (Å²) in [6.45, 7) is 4.90. The average Bonchev–Trinajstić information content (AvgIpc) is 2.95. The summed E-state index contributed by atoms with van der Waals surface area (Å²) in [6.07, 6.45) is 4.65. The van der Waals surface area contributed by atoms with Gasteiger partial charge in [-0.25, -0.2) is 8.42 Å². The van der Waals surface area contributed by atoms with Gasteiger partial charge in [0.25, 0.3) is 0 Å². The van der Waals surface area contributed by atoms with Crippen LogP contribution in [0.1, 0.15) is 44.6 Å². The summed E-state index contributed by atoms with van der Waals surface area (Å²) < 4.78 is 27.8. The highest BCUT2D eigenvalue weighted by Gasteiger charge is 2.44. The van der Waals surface area contributed by atoms with Crippen molar-refractivity contribution in [3.63, 3.8) is 0 Å². The van der Waals surface area contributed by atoms with Gasteiger partial charge in [0.1, 0.15) is 0 Å². The fourth-order valence-corrected chi connectivity index (χ4v) is 5.17. The van der Waals surface area contributed by atoms with Crippen LogP contribution in [0, 0.1) is 6.92 Å². The van der Waals surface area contributed by atoms with Gasteiger partial charge in [0.15, 0.2) is 0 Å². The molecule has 0 radical (unpaired) electrons. The van der Waals surface area contributed by atoms with Crippen molar-refractivity contribution in [2.75, 3.05) is 13.1 Å². The van der Waals surface area contributed by atoms with Gasteiger partial charge in [-0.3, -0.25) is 0 Å². The van der Waals surface area contributed by atoms with Crippen LogP contribution in [0.2, 0.25) is 0 Å². The van der Waals surface area contributed by atoms with E-state index in [0.717, 1.165) is 37.7 Å². The fraction of sp³-hybridized carbons (Fsp3) is 0.625. The van der Waals surface area contributed by atoms with E-state index in [1.165, 1.54) is 0 Å². The Bertz CT molecular complexity index is 560. The molecule has 1 saturated carbocycles. The van der Waals surface area contributed by atoms with Gasteiger partial charge in [0.05, 0.1) is 4.90 Å². The van der Waals surface area contributed by atoms with Crippen LogP contribution < -0.4 is 5.73 Å². The lowest BCUT2D eigenvalue weighted by Crippen LogP contribution is -2.54. The zero-order valence-electron chi connectivity index (χ0n) is 13.0. The number of rotatable bonds is 6. The summed E-state index contributed by atoms with van der Waals surface area (Å²) in [5.74, 6) is 0. The van der Waals surface area contributed by atoms with Crippen LogP contribution in [0.5, 0.6) is 0 Å². The highest BCUT2D eigenvalue weighted by Crippen LogP contribution is 2.38. The summed E-state index contributed by atoms with van der Waals surface area (Å²) in [5, 5.41) is 0. The smallest absolute Gasteiger partial charge is 0.243 e. The third-order valence-corrected chi connectivity index (χ3v) is 6.50. The van der Waals surface area contributed by atoms with Gasteiger partial charge in [-0.05, 0) is 38.3 Å². The molecule has 21 heavy (non-hydrogen) atoms. The Balaban J connectivity index is 2.43. The molecule has 1 aromatic carbocycles. The molecular weight excluding hydrogens is 284 g/mol. The molecule has 0 amide bonds. The van der Waals surface area contributed by atoms with Crippen LogP contribution in [0.15, 0.2) is 29.2 Å². The van der Waals surface area contributed by atoms with E-state index in [1.807, 2.05) is 26.0 Å². The molecule has 2 rings (SSSR count). The lowest BCUT2D eigenvalue weighted by Gasteiger charge is -2.39. The number of hydrogen-bond acceptors (Lipinski definition) is 3. The predicted molar refractivity (Wildman–Crippen MR) is 85.6 cm³/mol. The highest BCUT2D eigenvalue weighted by molar-refractivity contribution is 7.89. The molecule has 1 aliphatic carbocycles. The van der Waals surface area contributed by atoms with E-state index < -0.39 is 10.0 Å². The minimum Gasteiger partial charge on any atom is -0.329 e. The number of sulfonamides is 1. The fourth-order valence-electron chi connectivity index (χ4n) is 3.24. The average molecular weight is 310 g/mol. The second-order valence-electron chi connectivity index (χ2n) is 6.03. The van der Waals surface area contributed by atoms with Crippen molar-refractivity contribution in [2.24, 2.45) is 5.73 Å². The molecule has 0 atom stereocenters. The van der Waals surface area contributed by atoms with Crippen LogP contribution in [0.25, 0.3) is 0 Å². The molecule has 0 aromatic heterocycles. The van der Waals surface area contributed by atoms with E-state index in [0.29, 0.717) is 18.0 Å². The first-order valence-corrected chi connectivity index (χ1v) is 9.20. The van der Waals surface area contributed by atoms with Gasteiger partial charge in [-0.2, -0.15) is 4.31 Å². The van der Waals surface area contributed by atoms with Crippen molar-refractivity contribution in [1.82, 2.24) is 4.31 Å². The first-order valence-electron chi connectivity index (χ1n) is 7.76. The molecule has 0 spiro atoms. The molecule has 5 heteroatoms. The molecule has 0 saturated heterocycles. The van der Waals surface area contributed by atoms with Crippen molar-refractivity contribution in [3.05, 3.63) is 29.8 Å². The van der Waals surface area contributed by atoms with Gasteiger partial charge in [-0.1, -0.05) is 37.5 Å². The third kappa shape index (κ3) is 3.15. The van der Waals surface area contributed by atoms with Crippen LogP contribution in [-0.4, -0.2) is 31.4 Å². The molecule has 4 nitrogen and oxygen atoms in total. The molecule has 0 bridgehead atoms. The number of benzene rings is 1. The van der Waals surface area contributed by atoms with Crippen molar-refractivity contribution in [2.45, 2.75) is 56.4 Å². The summed E-state index contributed by atoms with van der Waals surface area (Å²) >= 11 is 0. The standard InChI is InChI=1S/C16H26N2O2S/c1-3-12-18(16(13-17)10-4-5-11-16)21(19,20)15-8-6-14(2)7-9-15/h6-9H,3-5,10-13,17H2,1-2H3. The molecule has 118 valence electrons. The second kappa shape index (κ2) is 6.46. The third-order valence-electron chi connectivity index (χ3n) is 4.48. The number of hydrogen-bond donors (Lipinski definition) is 1. The van der Waals surface area contributed by atoms with Crippen molar-refractivity contribution in [3.8, 4) is 0 Å². The van der Waals surface area contributed by atoms with Gasteiger partial charge in [0, 0.05) is 18.6 Å². The monoisotopic (exact) mass is 310 g/mol. The summed E-state index contributed by atoms with van der Waals surface area (Å²) in [5.41, 5.74) is 6.66. The zero-order chi connectivity index (χ0) is 15.5. The second-order valence-corrected chi connectivity index (χ2v) is 7.89. The van der Waals surface area contributed by atoms with E-state index in [2.05, 4.69) is 0 Å². The minimum absolute atomic E-state index is 0.376. The van der Waals surface area contributed by atoms with E-state index in [-0.39, 0.29) is 5.54 Å². The zero-order valence-corrected chi connectivity index (χ0v) is 13.8. The Morgan fingerprint density at radius 1 is 1.19 bits per heavy atom. The minimum atomic E-state index is -3.48. The number of nitrogens with zero attached hydrogens (tertiary/aromatic N) is 1. The van der Waals surface area contributed by atoms with Crippen LogP contribution in [0.4, 0.5) is 0 Å². The lowest BCUT2D eigenvalue weighted by molar-refractivity contribution is 0.197. The summed E-state index contributed by atoms with van der Waals surface area (Å²) in [6, 6.07) is 7.10. The molecule has 0 aliphatic heterocycles. The van der Waals surface area contributed by atoms with E-state index >= 15 is 0 Å². The van der Waals surface area contributed by atoms with Crippen molar-refractivity contribution < 1.29 is 8.42 Å². The maximum atomic E-state index is 13.1. The topological polar surface area (TPSA) is 63.4 Å². The van der Waals surface area contributed by atoms with Gasteiger partial charge in [0.2, 0.25) is 10.0 Å². The van der Waals surface area contributed by atoms with Crippen molar-refractivity contribution >= 4 is 10.0 Å². The van der Waals surface area contributed by atoms with Crippen molar-refractivity contribution in [1.29, 1.82) is 0 Å². The lowest BCUT2D eigenvalue weighted by atomic mass is 9.98. The van der Waals surface area contributed by atoms with E-state index in [1.54, 1.807) is 16.4 Å². The maximum Gasteiger partial charge on any atom is 0.243 e. The molecular formula is C16H26N2O2S. The molecule has 1 fully saturated rings. The molecule has 0 heterocycles. The van der Waals surface area contributed by atoms with Crippen LogP contribution in [-0.2, 0) is 10.0 Å². The SMILES string of the molecule is CCCN(C1(CN)CCCC1)S(=O)(=O)c1ccc(C)cc1. The normalized spacial score (nSPS) is 18.3. The van der Waals surface area contributed by atoms with Crippen LogP contribution >= 0.6 is 0 Å². The van der Waals surface area contributed by atoms with E-state index in [4.69, 9.17) is 5.73 Å². The van der Waals surface area contributed by atoms with Crippen LogP contribution in [0.3, 0.4) is 0 Å². The Labute approximate surface area is 128 Å².